The number of aliphatic hydroxyl groups excluding tert-OH is 1. The number of aromatic nitrogens is 2. The molecule has 1 aromatic rings. The number of hydrogen-bond acceptors (Lipinski definition) is 5. The molecule has 1 fully saturated rings. The van der Waals surface area contributed by atoms with E-state index in [9.17, 15) is 0 Å². The van der Waals surface area contributed by atoms with Gasteiger partial charge in [0.25, 0.3) is 0 Å². The number of nitrogens with zero attached hydrogens (tertiary/aromatic N) is 3. The van der Waals surface area contributed by atoms with Gasteiger partial charge in [-0.15, -0.1) is 0 Å². The molecule has 2 rings (SSSR count). The molecule has 5 nitrogen and oxygen atoms in total. The van der Waals surface area contributed by atoms with Gasteiger partial charge in [-0.1, -0.05) is 0 Å². The van der Waals surface area contributed by atoms with Crippen LogP contribution in [0.15, 0.2) is 6.07 Å². The van der Waals surface area contributed by atoms with Crippen LogP contribution in [-0.4, -0.2) is 40.8 Å². The van der Waals surface area contributed by atoms with Crippen LogP contribution < -0.4 is 10.2 Å². The van der Waals surface area contributed by atoms with Gasteiger partial charge in [0.2, 0.25) is 5.95 Å². The molecule has 1 saturated heterocycles. The lowest BCUT2D eigenvalue weighted by Gasteiger charge is -2.27. The quantitative estimate of drug-likeness (QED) is 0.828. The summed E-state index contributed by atoms with van der Waals surface area (Å²) in [6.45, 7) is 7.18. The largest absolute Gasteiger partial charge is 0.396 e. The van der Waals surface area contributed by atoms with Gasteiger partial charge in [0.15, 0.2) is 0 Å². The van der Waals surface area contributed by atoms with E-state index >= 15 is 0 Å². The lowest BCUT2D eigenvalue weighted by molar-refractivity contribution is 0.268. The van der Waals surface area contributed by atoms with Crippen molar-refractivity contribution in [1.82, 2.24) is 15.3 Å². The van der Waals surface area contributed by atoms with Crippen LogP contribution in [0.5, 0.6) is 0 Å². The standard InChI is InChI=1S/C15H26N4O/c1-12(6-9-20)16-11-14-10-13(2)17-15(18-14)19-7-4-3-5-8-19/h10,12,16,20H,3-9,11H2,1-2H3. The van der Waals surface area contributed by atoms with Crippen molar-refractivity contribution in [3.05, 3.63) is 17.5 Å². The van der Waals surface area contributed by atoms with Gasteiger partial charge in [-0.3, -0.25) is 0 Å². The fraction of sp³-hybridized carbons (Fsp3) is 0.733. The molecule has 20 heavy (non-hydrogen) atoms. The van der Waals surface area contributed by atoms with E-state index < -0.39 is 0 Å². The van der Waals surface area contributed by atoms with E-state index in [1.165, 1.54) is 19.3 Å². The molecule has 0 amide bonds. The molecule has 0 radical (unpaired) electrons. The van der Waals surface area contributed by atoms with Crippen molar-refractivity contribution in [2.75, 3.05) is 24.6 Å². The summed E-state index contributed by atoms with van der Waals surface area (Å²) < 4.78 is 0. The maximum Gasteiger partial charge on any atom is 0.225 e. The van der Waals surface area contributed by atoms with E-state index in [-0.39, 0.29) is 6.61 Å². The van der Waals surface area contributed by atoms with Gasteiger partial charge in [0.1, 0.15) is 0 Å². The van der Waals surface area contributed by atoms with Crippen molar-refractivity contribution in [1.29, 1.82) is 0 Å². The zero-order chi connectivity index (χ0) is 14.4. The van der Waals surface area contributed by atoms with E-state index in [2.05, 4.69) is 27.1 Å². The van der Waals surface area contributed by atoms with Crippen molar-refractivity contribution in [3.8, 4) is 0 Å². The van der Waals surface area contributed by atoms with Crippen LogP contribution in [0.25, 0.3) is 0 Å². The second-order valence-electron chi connectivity index (χ2n) is 5.64. The van der Waals surface area contributed by atoms with Gasteiger partial charge < -0.3 is 15.3 Å². The molecule has 1 atom stereocenters. The van der Waals surface area contributed by atoms with Crippen molar-refractivity contribution in [2.24, 2.45) is 0 Å². The van der Waals surface area contributed by atoms with E-state index in [0.717, 1.165) is 43.4 Å². The molecule has 1 aliphatic heterocycles. The number of rotatable bonds is 6. The van der Waals surface area contributed by atoms with Gasteiger partial charge in [0, 0.05) is 38.0 Å². The Morgan fingerprint density at radius 1 is 1.30 bits per heavy atom. The molecule has 0 spiro atoms. The van der Waals surface area contributed by atoms with Crippen LogP contribution in [0.4, 0.5) is 5.95 Å². The second-order valence-corrected chi connectivity index (χ2v) is 5.64. The minimum Gasteiger partial charge on any atom is -0.396 e. The Bertz CT molecular complexity index is 418. The van der Waals surface area contributed by atoms with Crippen LogP contribution in [-0.2, 0) is 6.54 Å². The number of hydrogen-bond donors (Lipinski definition) is 2. The first-order valence-electron chi connectivity index (χ1n) is 7.63. The molecule has 1 aliphatic rings. The summed E-state index contributed by atoms with van der Waals surface area (Å²) in [6.07, 6.45) is 4.55. The smallest absolute Gasteiger partial charge is 0.225 e. The average Bonchev–Trinajstić information content (AvgIpc) is 2.46. The normalized spacial score (nSPS) is 17.2. The summed E-state index contributed by atoms with van der Waals surface area (Å²) in [5, 5.41) is 12.3. The van der Waals surface area contributed by atoms with Gasteiger partial charge in [-0.05, 0) is 45.6 Å². The van der Waals surface area contributed by atoms with Crippen LogP contribution in [0.2, 0.25) is 0 Å². The summed E-state index contributed by atoms with van der Waals surface area (Å²) in [5.74, 6) is 0.872. The molecule has 1 unspecified atom stereocenters. The third-order valence-electron chi connectivity index (χ3n) is 3.73. The van der Waals surface area contributed by atoms with Crippen molar-refractivity contribution < 1.29 is 5.11 Å². The first kappa shape index (κ1) is 15.2. The second kappa shape index (κ2) is 7.55. The predicted octanol–water partition coefficient (Wildman–Crippen LogP) is 1.64. The van der Waals surface area contributed by atoms with Gasteiger partial charge in [0.05, 0.1) is 5.69 Å². The van der Waals surface area contributed by atoms with Gasteiger partial charge >= 0.3 is 0 Å². The van der Waals surface area contributed by atoms with Crippen LogP contribution >= 0.6 is 0 Å². The predicted molar refractivity (Wildman–Crippen MR) is 80.8 cm³/mol. The Labute approximate surface area is 121 Å². The Balaban J connectivity index is 2.00. The number of anilines is 1. The molecule has 5 heteroatoms. The SMILES string of the molecule is Cc1cc(CNC(C)CCO)nc(N2CCCCC2)n1. The maximum atomic E-state index is 8.92. The molecule has 0 aliphatic carbocycles. The number of nitrogens with one attached hydrogen (secondary N) is 1. The molecule has 0 aromatic carbocycles. The van der Waals surface area contributed by atoms with E-state index in [4.69, 9.17) is 5.11 Å². The molecular weight excluding hydrogens is 252 g/mol. The molecule has 1 aromatic heterocycles. The third-order valence-corrected chi connectivity index (χ3v) is 3.73. The zero-order valence-corrected chi connectivity index (χ0v) is 12.6. The Morgan fingerprint density at radius 3 is 2.75 bits per heavy atom. The lowest BCUT2D eigenvalue weighted by atomic mass is 10.1. The highest BCUT2D eigenvalue weighted by atomic mass is 16.3. The fourth-order valence-corrected chi connectivity index (χ4v) is 2.52. The summed E-state index contributed by atoms with van der Waals surface area (Å²) in [4.78, 5) is 11.5. The topological polar surface area (TPSA) is 61.3 Å². The molecule has 0 saturated carbocycles. The highest BCUT2D eigenvalue weighted by Gasteiger charge is 2.14. The van der Waals surface area contributed by atoms with E-state index in [0.29, 0.717) is 6.04 Å². The number of aryl methyl sites for hydroxylation is 1. The Kier molecular flexibility index (Phi) is 5.73. The van der Waals surface area contributed by atoms with Crippen molar-refractivity contribution in [2.45, 2.75) is 52.1 Å². The first-order chi connectivity index (χ1) is 9.69. The monoisotopic (exact) mass is 278 g/mol. The molecular formula is C15H26N4O. The van der Waals surface area contributed by atoms with Crippen LogP contribution in [0, 0.1) is 6.92 Å². The van der Waals surface area contributed by atoms with Crippen molar-refractivity contribution >= 4 is 5.95 Å². The molecule has 112 valence electrons. The fourth-order valence-electron chi connectivity index (χ4n) is 2.52. The van der Waals surface area contributed by atoms with Crippen LogP contribution in [0.3, 0.4) is 0 Å². The van der Waals surface area contributed by atoms with Crippen LogP contribution in [0.1, 0.15) is 44.0 Å². The van der Waals surface area contributed by atoms with E-state index in [1.807, 2.05) is 13.0 Å². The Morgan fingerprint density at radius 2 is 2.05 bits per heavy atom. The highest BCUT2D eigenvalue weighted by Crippen LogP contribution is 2.16. The molecule has 2 N–H and O–H groups in total. The molecule has 0 bridgehead atoms. The first-order valence-corrected chi connectivity index (χ1v) is 7.63. The van der Waals surface area contributed by atoms with Crippen molar-refractivity contribution in [3.63, 3.8) is 0 Å². The highest BCUT2D eigenvalue weighted by molar-refractivity contribution is 5.32. The summed E-state index contributed by atoms with van der Waals surface area (Å²) >= 11 is 0. The number of aliphatic hydroxyl groups is 1. The van der Waals surface area contributed by atoms with Gasteiger partial charge in [-0.2, -0.15) is 0 Å². The minimum absolute atomic E-state index is 0.218. The zero-order valence-electron chi connectivity index (χ0n) is 12.6. The van der Waals surface area contributed by atoms with E-state index in [1.54, 1.807) is 0 Å². The number of piperidine rings is 1. The minimum atomic E-state index is 0.218. The molecule has 2 heterocycles. The lowest BCUT2D eigenvalue weighted by Crippen LogP contribution is -2.32. The van der Waals surface area contributed by atoms with Gasteiger partial charge in [-0.25, -0.2) is 9.97 Å². The third kappa shape index (κ3) is 4.42. The summed E-state index contributed by atoms with van der Waals surface area (Å²) in [5.41, 5.74) is 2.05. The Hall–Kier alpha value is -1.20. The average molecular weight is 278 g/mol. The summed E-state index contributed by atoms with van der Waals surface area (Å²) in [6, 6.07) is 2.33. The summed E-state index contributed by atoms with van der Waals surface area (Å²) in [7, 11) is 0. The maximum absolute atomic E-state index is 8.92.